The second-order valence-electron chi connectivity index (χ2n) is 3.77. The van der Waals surface area contributed by atoms with Gasteiger partial charge in [0, 0.05) is 5.92 Å². The number of rotatable bonds is 4. The summed E-state index contributed by atoms with van der Waals surface area (Å²) in [6.07, 6.45) is 0.753. The van der Waals surface area contributed by atoms with E-state index in [-0.39, 0.29) is 18.3 Å². The summed E-state index contributed by atoms with van der Waals surface area (Å²) in [6.45, 7) is 0.0410. The Morgan fingerprint density at radius 3 is 2.81 bits per heavy atom. The third-order valence-electron chi connectivity index (χ3n) is 2.60. The Kier molecular flexibility index (Phi) is 3.70. The molecule has 16 heavy (non-hydrogen) atoms. The largest absolute Gasteiger partial charge is 0.396 e. The lowest BCUT2D eigenvalue weighted by Crippen LogP contribution is -2.07. The highest BCUT2D eigenvalue weighted by atomic mass is 32.1. The maximum Gasteiger partial charge on any atom is 0.123 e. The van der Waals surface area contributed by atoms with Gasteiger partial charge in [0.1, 0.15) is 5.82 Å². The Balaban J connectivity index is 2.16. The second-order valence-corrected chi connectivity index (χ2v) is 4.55. The summed E-state index contributed by atoms with van der Waals surface area (Å²) in [4.78, 5) is 0. The molecular formula is C13H13FOS. The number of aliphatic hydroxyl groups excluding tert-OH is 1. The Hall–Kier alpha value is -1.19. The zero-order valence-corrected chi connectivity index (χ0v) is 9.58. The molecule has 84 valence electrons. The molecule has 0 spiro atoms. The van der Waals surface area contributed by atoms with Crippen LogP contribution in [-0.2, 0) is 6.42 Å². The summed E-state index contributed by atoms with van der Waals surface area (Å²) in [6, 6.07) is 8.49. The molecule has 0 amide bonds. The molecule has 0 saturated heterocycles. The van der Waals surface area contributed by atoms with Crippen molar-refractivity contribution in [3.8, 4) is 0 Å². The van der Waals surface area contributed by atoms with Crippen LogP contribution in [0.5, 0.6) is 0 Å². The standard InChI is InChI=1S/C13H13FOS/c14-13-3-1-2-11(7-13)12(8-15)6-10-4-5-16-9-10/h1-5,7,9,12,15H,6,8H2. The van der Waals surface area contributed by atoms with Crippen LogP contribution in [0.4, 0.5) is 4.39 Å². The number of hydrogen-bond donors (Lipinski definition) is 1. The average molecular weight is 236 g/mol. The van der Waals surface area contributed by atoms with E-state index in [2.05, 4.69) is 5.38 Å². The van der Waals surface area contributed by atoms with E-state index in [4.69, 9.17) is 0 Å². The fraction of sp³-hybridized carbons (Fsp3) is 0.231. The molecular weight excluding hydrogens is 223 g/mol. The molecule has 3 heteroatoms. The van der Waals surface area contributed by atoms with Gasteiger partial charge in [-0.1, -0.05) is 12.1 Å². The molecule has 0 radical (unpaired) electrons. The summed E-state index contributed by atoms with van der Waals surface area (Å²) < 4.78 is 13.1. The van der Waals surface area contributed by atoms with Crippen LogP contribution >= 0.6 is 11.3 Å². The van der Waals surface area contributed by atoms with Gasteiger partial charge in [-0.3, -0.25) is 0 Å². The van der Waals surface area contributed by atoms with Crippen molar-refractivity contribution in [3.05, 3.63) is 58.0 Å². The van der Waals surface area contributed by atoms with E-state index in [1.807, 2.05) is 17.5 Å². The van der Waals surface area contributed by atoms with Crippen LogP contribution in [0, 0.1) is 5.82 Å². The lowest BCUT2D eigenvalue weighted by Gasteiger charge is -2.13. The molecule has 0 bridgehead atoms. The first-order chi connectivity index (χ1) is 7.79. The normalized spacial score (nSPS) is 12.6. The molecule has 1 aromatic heterocycles. The smallest absolute Gasteiger partial charge is 0.123 e. The first-order valence-corrected chi connectivity index (χ1v) is 6.11. The average Bonchev–Trinajstić information content (AvgIpc) is 2.78. The fourth-order valence-corrected chi connectivity index (χ4v) is 2.42. The minimum Gasteiger partial charge on any atom is -0.396 e. The first-order valence-electron chi connectivity index (χ1n) is 5.17. The van der Waals surface area contributed by atoms with Crippen LogP contribution in [0.3, 0.4) is 0 Å². The van der Waals surface area contributed by atoms with E-state index < -0.39 is 0 Å². The molecule has 0 aliphatic rings. The molecule has 1 aromatic carbocycles. The van der Waals surface area contributed by atoms with Crippen molar-refractivity contribution in [1.82, 2.24) is 0 Å². The van der Waals surface area contributed by atoms with Crippen molar-refractivity contribution in [2.75, 3.05) is 6.61 Å². The number of benzene rings is 1. The second kappa shape index (κ2) is 5.23. The van der Waals surface area contributed by atoms with Gasteiger partial charge in [0.25, 0.3) is 0 Å². The van der Waals surface area contributed by atoms with Gasteiger partial charge < -0.3 is 5.11 Å². The zero-order valence-electron chi connectivity index (χ0n) is 8.77. The number of aliphatic hydroxyl groups is 1. The van der Waals surface area contributed by atoms with Crippen molar-refractivity contribution < 1.29 is 9.50 Å². The molecule has 2 rings (SSSR count). The van der Waals surface area contributed by atoms with Crippen molar-refractivity contribution in [1.29, 1.82) is 0 Å². The summed E-state index contributed by atoms with van der Waals surface area (Å²) in [5.41, 5.74) is 2.04. The van der Waals surface area contributed by atoms with E-state index in [0.29, 0.717) is 0 Å². The number of hydrogen-bond acceptors (Lipinski definition) is 2. The van der Waals surface area contributed by atoms with Crippen molar-refractivity contribution in [2.24, 2.45) is 0 Å². The van der Waals surface area contributed by atoms with Gasteiger partial charge in [-0.05, 0) is 46.5 Å². The molecule has 1 heterocycles. The molecule has 1 unspecified atom stereocenters. The van der Waals surface area contributed by atoms with E-state index in [9.17, 15) is 9.50 Å². The van der Waals surface area contributed by atoms with E-state index in [0.717, 1.165) is 12.0 Å². The lowest BCUT2D eigenvalue weighted by atomic mass is 9.94. The van der Waals surface area contributed by atoms with Crippen LogP contribution in [-0.4, -0.2) is 11.7 Å². The Morgan fingerprint density at radius 1 is 1.31 bits per heavy atom. The summed E-state index contributed by atoms with van der Waals surface area (Å²) >= 11 is 1.63. The predicted molar refractivity (Wildman–Crippen MR) is 64.2 cm³/mol. The van der Waals surface area contributed by atoms with Gasteiger partial charge >= 0.3 is 0 Å². The van der Waals surface area contributed by atoms with Crippen LogP contribution in [0.2, 0.25) is 0 Å². The third-order valence-corrected chi connectivity index (χ3v) is 3.33. The Labute approximate surface area is 98.2 Å². The summed E-state index contributed by atoms with van der Waals surface area (Å²) in [5, 5.41) is 13.4. The number of halogens is 1. The van der Waals surface area contributed by atoms with Gasteiger partial charge in [-0.2, -0.15) is 11.3 Å². The molecule has 0 fully saturated rings. The molecule has 0 aliphatic carbocycles. The lowest BCUT2D eigenvalue weighted by molar-refractivity contribution is 0.264. The topological polar surface area (TPSA) is 20.2 Å². The Morgan fingerprint density at radius 2 is 2.19 bits per heavy atom. The highest BCUT2D eigenvalue weighted by molar-refractivity contribution is 7.07. The molecule has 0 saturated carbocycles. The van der Waals surface area contributed by atoms with Gasteiger partial charge in [0.05, 0.1) is 6.61 Å². The highest BCUT2D eigenvalue weighted by Gasteiger charge is 2.12. The minimum absolute atomic E-state index is 0.0229. The highest BCUT2D eigenvalue weighted by Crippen LogP contribution is 2.22. The van der Waals surface area contributed by atoms with Crippen LogP contribution in [0.1, 0.15) is 17.0 Å². The summed E-state index contributed by atoms with van der Waals surface area (Å²) in [5.74, 6) is -0.272. The molecule has 0 aliphatic heterocycles. The van der Waals surface area contributed by atoms with Gasteiger partial charge in [0.15, 0.2) is 0 Å². The first kappa shape index (κ1) is 11.3. The zero-order chi connectivity index (χ0) is 11.4. The van der Waals surface area contributed by atoms with Gasteiger partial charge in [-0.15, -0.1) is 0 Å². The van der Waals surface area contributed by atoms with Crippen LogP contribution < -0.4 is 0 Å². The van der Waals surface area contributed by atoms with E-state index >= 15 is 0 Å². The predicted octanol–water partition coefficient (Wildman–Crippen LogP) is 3.21. The molecule has 2 aromatic rings. The maximum atomic E-state index is 13.1. The minimum atomic E-state index is -0.249. The van der Waals surface area contributed by atoms with E-state index in [1.165, 1.54) is 17.7 Å². The SMILES string of the molecule is OCC(Cc1ccsc1)c1cccc(F)c1. The third kappa shape index (κ3) is 2.68. The van der Waals surface area contributed by atoms with Crippen molar-refractivity contribution >= 4 is 11.3 Å². The quantitative estimate of drug-likeness (QED) is 0.864. The molecule has 1 nitrogen and oxygen atoms in total. The van der Waals surface area contributed by atoms with E-state index in [1.54, 1.807) is 17.4 Å². The Bertz CT molecular complexity index is 439. The van der Waals surface area contributed by atoms with Gasteiger partial charge in [-0.25, -0.2) is 4.39 Å². The monoisotopic (exact) mass is 236 g/mol. The van der Waals surface area contributed by atoms with Crippen molar-refractivity contribution in [2.45, 2.75) is 12.3 Å². The van der Waals surface area contributed by atoms with Gasteiger partial charge in [0.2, 0.25) is 0 Å². The van der Waals surface area contributed by atoms with Crippen molar-refractivity contribution in [3.63, 3.8) is 0 Å². The maximum absolute atomic E-state index is 13.1. The van der Waals surface area contributed by atoms with Crippen LogP contribution in [0.25, 0.3) is 0 Å². The molecule has 1 atom stereocenters. The number of thiophene rings is 1. The summed E-state index contributed by atoms with van der Waals surface area (Å²) in [7, 11) is 0. The molecule has 1 N–H and O–H groups in total. The fourth-order valence-electron chi connectivity index (χ4n) is 1.74. The van der Waals surface area contributed by atoms with Crippen LogP contribution in [0.15, 0.2) is 41.1 Å².